The lowest BCUT2D eigenvalue weighted by Crippen LogP contribution is -2.54. The minimum Gasteiger partial charge on any atom is -0.371 e. The second kappa shape index (κ2) is 14.3. The van der Waals surface area contributed by atoms with Gasteiger partial charge in [-0.25, -0.2) is 0 Å². The highest BCUT2D eigenvalue weighted by atomic mass is 19.4. The lowest BCUT2D eigenvalue weighted by atomic mass is 9.80. The molecule has 3 aromatic rings. The molecular weight excluding hydrogens is 616 g/mol. The maximum Gasteiger partial charge on any atom is 0.404 e. The molecule has 2 fully saturated rings. The van der Waals surface area contributed by atoms with Crippen LogP contribution in [0, 0.1) is 0 Å². The number of rotatable bonds is 9. The minimum atomic E-state index is -5.52. The van der Waals surface area contributed by atoms with Gasteiger partial charge in [-0.05, 0) is 99.3 Å². The van der Waals surface area contributed by atoms with Crippen molar-refractivity contribution < 1.29 is 31.1 Å². The molecule has 0 atom stereocenters. The average Bonchev–Trinajstić information content (AvgIpc) is 3.02. The van der Waals surface area contributed by atoms with Crippen molar-refractivity contribution in [3.63, 3.8) is 0 Å². The molecule has 2 aliphatic rings. The zero-order valence-electron chi connectivity index (χ0n) is 26.9. The number of carbonyl (C=O) groups excluding carboxylic acids is 1. The molecule has 0 aromatic heterocycles. The van der Waals surface area contributed by atoms with Gasteiger partial charge in [0, 0.05) is 30.4 Å². The first kappa shape index (κ1) is 34.8. The number of nitrogens with one attached hydrogen (secondary N) is 1. The van der Waals surface area contributed by atoms with Crippen LogP contribution in [0.3, 0.4) is 0 Å². The monoisotopic (exact) mass is 659 g/mol. The van der Waals surface area contributed by atoms with Gasteiger partial charge in [0.15, 0.2) is 5.92 Å². The highest BCUT2D eigenvalue weighted by molar-refractivity contribution is 5.79. The summed E-state index contributed by atoms with van der Waals surface area (Å²) >= 11 is 0. The molecule has 1 aliphatic carbocycles. The number of anilines is 1. The van der Waals surface area contributed by atoms with Gasteiger partial charge < -0.3 is 15.1 Å². The molecule has 4 nitrogen and oxygen atoms in total. The van der Waals surface area contributed by atoms with Crippen molar-refractivity contribution in [2.24, 2.45) is 0 Å². The van der Waals surface area contributed by atoms with Gasteiger partial charge in [-0.2, -0.15) is 26.3 Å². The summed E-state index contributed by atoms with van der Waals surface area (Å²) in [5, 5.41) is 2.85. The third-order valence-corrected chi connectivity index (χ3v) is 10.2. The van der Waals surface area contributed by atoms with Gasteiger partial charge in [-0.15, -0.1) is 0 Å². The molecule has 0 radical (unpaired) electrons. The van der Waals surface area contributed by atoms with E-state index in [0.717, 1.165) is 63.4 Å². The van der Waals surface area contributed by atoms with Crippen LogP contribution < -0.4 is 10.2 Å². The first-order valence-electron chi connectivity index (χ1n) is 16.3. The molecule has 1 saturated carbocycles. The predicted molar refractivity (Wildman–Crippen MR) is 173 cm³/mol. The van der Waals surface area contributed by atoms with Crippen molar-refractivity contribution >= 4 is 11.6 Å². The zero-order valence-corrected chi connectivity index (χ0v) is 26.9. The maximum atomic E-state index is 13.4. The Morgan fingerprint density at radius 1 is 0.830 bits per heavy atom. The lowest BCUT2D eigenvalue weighted by molar-refractivity contribution is -0.253. The lowest BCUT2D eigenvalue weighted by Gasteiger charge is -2.47. The van der Waals surface area contributed by atoms with E-state index in [9.17, 15) is 31.1 Å². The second-order valence-corrected chi connectivity index (χ2v) is 13.4. The normalized spacial score (nSPS) is 20.4. The van der Waals surface area contributed by atoms with Crippen LogP contribution in [0.15, 0.2) is 78.9 Å². The summed E-state index contributed by atoms with van der Waals surface area (Å²) in [7, 11) is 4.36. The Labute approximate surface area is 273 Å². The fraction of sp³-hybridized carbons (Fsp3) is 0.486. The van der Waals surface area contributed by atoms with E-state index in [2.05, 4.69) is 83.8 Å². The predicted octanol–water partition coefficient (Wildman–Crippen LogP) is 8.42. The third-order valence-electron chi connectivity index (χ3n) is 10.2. The molecule has 1 saturated heterocycles. The van der Waals surface area contributed by atoms with Crippen LogP contribution in [0.2, 0.25) is 0 Å². The van der Waals surface area contributed by atoms with Gasteiger partial charge in [-0.3, -0.25) is 4.79 Å². The van der Waals surface area contributed by atoms with Gasteiger partial charge in [-0.1, -0.05) is 66.7 Å². The Morgan fingerprint density at radius 3 is 1.98 bits per heavy atom. The Hall–Kier alpha value is -3.53. The van der Waals surface area contributed by atoms with Crippen LogP contribution in [0.5, 0.6) is 0 Å². The van der Waals surface area contributed by atoms with Gasteiger partial charge in [0.05, 0.1) is 6.42 Å². The first-order valence-corrected chi connectivity index (χ1v) is 16.3. The van der Waals surface area contributed by atoms with E-state index in [1.54, 1.807) is 0 Å². The van der Waals surface area contributed by atoms with Crippen LogP contribution in [0.1, 0.15) is 72.6 Å². The Balaban J connectivity index is 1.12. The quantitative estimate of drug-likeness (QED) is 0.234. The topological polar surface area (TPSA) is 35.6 Å². The molecule has 0 unspecified atom stereocenters. The summed E-state index contributed by atoms with van der Waals surface area (Å²) in [6.07, 6.45) is -5.36. The molecule has 254 valence electrons. The fourth-order valence-electron chi connectivity index (χ4n) is 7.43. The van der Waals surface area contributed by atoms with Gasteiger partial charge in [0.2, 0.25) is 5.91 Å². The van der Waals surface area contributed by atoms with Crippen LogP contribution in [0.25, 0.3) is 0 Å². The molecule has 0 spiro atoms. The number of piperidine rings is 1. The van der Waals surface area contributed by atoms with Crippen LogP contribution >= 0.6 is 0 Å². The molecular formula is C37H43F6N3O. The SMILES string of the molecule is CN(C)C1(Cc2ccccc2)CCN(c2ccc(C3CCC(NC(=O)Cc4ccccc4C(C(F)(F)F)C(F)(F)F)CC3)cc2)CC1. The van der Waals surface area contributed by atoms with E-state index in [1.807, 2.05) is 0 Å². The Morgan fingerprint density at radius 2 is 1.40 bits per heavy atom. The van der Waals surface area contributed by atoms with Crippen LogP contribution in [-0.2, 0) is 17.6 Å². The first-order chi connectivity index (χ1) is 22.2. The number of hydrogen-bond acceptors (Lipinski definition) is 3. The largest absolute Gasteiger partial charge is 0.404 e. The van der Waals surface area contributed by atoms with Crippen LogP contribution in [0.4, 0.5) is 32.0 Å². The van der Waals surface area contributed by atoms with Gasteiger partial charge >= 0.3 is 12.4 Å². The zero-order chi connectivity index (χ0) is 33.8. The third kappa shape index (κ3) is 8.50. The summed E-state index contributed by atoms with van der Waals surface area (Å²) in [5.74, 6) is -3.88. The molecule has 47 heavy (non-hydrogen) atoms. The molecule has 1 heterocycles. The molecule has 1 aliphatic heterocycles. The molecule has 3 aromatic carbocycles. The Kier molecular flexibility index (Phi) is 10.6. The van der Waals surface area contributed by atoms with E-state index in [1.165, 1.54) is 22.9 Å². The van der Waals surface area contributed by atoms with E-state index in [-0.39, 0.29) is 17.1 Å². The highest BCUT2D eigenvalue weighted by Gasteiger charge is 2.58. The van der Waals surface area contributed by atoms with E-state index >= 15 is 0 Å². The van der Waals surface area contributed by atoms with Crippen molar-refractivity contribution in [2.75, 3.05) is 32.1 Å². The average molecular weight is 660 g/mol. The number of alkyl halides is 6. The van der Waals surface area contributed by atoms with Crippen molar-refractivity contribution in [3.05, 3.63) is 101 Å². The van der Waals surface area contributed by atoms with Crippen molar-refractivity contribution in [1.29, 1.82) is 0 Å². The molecule has 5 rings (SSSR count). The number of halogens is 6. The molecule has 0 bridgehead atoms. The van der Waals surface area contributed by atoms with Crippen LogP contribution in [-0.4, -0.2) is 61.9 Å². The van der Waals surface area contributed by atoms with E-state index in [4.69, 9.17) is 0 Å². The van der Waals surface area contributed by atoms with Gasteiger partial charge in [0.25, 0.3) is 0 Å². The van der Waals surface area contributed by atoms with Crippen molar-refractivity contribution in [3.8, 4) is 0 Å². The molecule has 10 heteroatoms. The summed E-state index contributed by atoms with van der Waals surface area (Å²) in [5.41, 5.74) is 2.74. The summed E-state index contributed by atoms with van der Waals surface area (Å²) in [4.78, 5) is 17.6. The van der Waals surface area contributed by atoms with Gasteiger partial charge in [0.1, 0.15) is 0 Å². The second-order valence-electron chi connectivity index (χ2n) is 13.4. The summed E-state index contributed by atoms with van der Waals surface area (Å²) in [6, 6.07) is 23.7. The molecule has 1 amide bonds. The summed E-state index contributed by atoms with van der Waals surface area (Å²) in [6.45, 7) is 1.96. The number of amides is 1. The Bertz CT molecular complexity index is 1440. The van der Waals surface area contributed by atoms with E-state index in [0.29, 0.717) is 18.8 Å². The smallest absolute Gasteiger partial charge is 0.371 e. The minimum absolute atomic E-state index is 0.129. The number of likely N-dealkylation sites (N-methyl/N-ethyl adjacent to an activating group) is 1. The number of benzene rings is 3. The number of hydrogen-bond donors (Lipinski definition) is 1. The fourth-order valence-corrected chi connectivity index (χ4v) is 7.43. The van der Waals surface area contributed by atoms with Crippen molar-refractivity contribution in [2.45, 2.75) is 87.1 Å². The number of carbonyl (C=O) groups is 1. The summed E-state index contributed by atoms with van der Waals surface area (Å²) < 4.78 is 80.3. The van der Waals surface area contributed by atoms with E-state index < -0.39 is 36.2 Å². The maximum absolute atomic E-state index is 13.4. The van der Waals surface area contributed by atoms with Crippen molar-refractivity contribution in [1.82, 2.24) is 10.2 Å². The standard InChI is InChI=1S/C37H43F6N3O/c1-45(2)35(25-26-8-4-3-5-9-26)20-22-46(23-21-35)31-18-14-28(15-19-31)27-12-16-30(17-13-27)44-33(47)24-29-10-6-7-11-32(29)34(36(38,39)40)37(41,42)43/h3-11,14-15,18-19,27,30,34H,12-13,16-17,20-25H2,1-2H3,(H,44,47). The molecule has 1 N–H and O–H groups in total. The highest BCUT2D eigenvalue weighted by Crippen LogP contribution is 2.47. The number of nitrogens with zero attached hydrogens (tertiary/aromatic N) is 2.